The van der Waals surface area contributed by atoms with Gasteiger partial charge in [0.05, 0.1) is 14.2 Å². The van der Waals surface area contributed by atoms with Crippen molar-refractivity contribution in [2.75, 3.05) is 14.2 Å². The number of ether oxygens (including phenoxy) is 4. The molecule has 0 saturated carbocycles. The molecule has 0 radical (unpaired) electrons. The van der Waals surface area contributed by atoms with Gasteiger partial charge in [0.25, 0.3) is 0 Å². The second-order valence-electron chi connectivity index (χ2n) is 4.06. The quantitative estimate of drug-likeness (QED) is 0.335. The van der Waals surface area contributed by atoms with E-state index in [9.17, 15) is 0 Å². The molecule has 0 aliphatic heterocycles. The minimum Gasteiger partial charge on any atom is -0.497 e. The molecule has 0 saturated heterocycles. The molecule has 128 valence electrons. The van der Waals surface area contributed by atoms with Gasteiger partial charge in [-0.25, -0.2) is 0 Å². The van der Waals surface area contributed by atoms with Crippen LogP contribution in [0.2, 0.25) is 0 Å². The standard InChI is InChI=1S/2C8H8O2S2.Ba/c2*1-9-6-2-4-7(5-3-6)10-8(11)12;/h2*2-5H,1H3,(H,11,12);/q;;+2/p-2. The van der Waals surface area contributed by atoms with E-state index in [1.165, 1.54) is 0 Å². The first kappa shape index (κ1) is 24.8. The van der Waals surface area contributed by atoms with E-state index in [0.717, 1.165) is 11.5 Å². The Morgan fingerprint density at radius 2 is 0.880 bits per heavy atom. The fraction of sp³-hybridized carbons (Fsp3) is 0.125. The summed E-state index contributed by atoms with van der Waals surface area (Å²) in [6.45, 7) is 0. The van der Waals surface area contributed by atoms with Crippen LogP contribution in [0.4, 0.5) is 0 Å². The summed E-state index contributed by atoms with van der Waals surface area (Å²) in [7, 11) is 3.21. The van der Waals surface area contributed by atoms with Crippen LogP contribution in [0.1, 0.15) is 0 Å². The third-order valence-corrected chi connectivity index (χ3v) is 2.85. The van der Waals surface area contributed by atoms with Gasteiger partial charge in [0, 0.05) is 8.77 Å². The normalized spacial score (nSPS) is 8.72. The Balaban J connectivity index is 0.000000443. The van der Waals surface area contributed by atoms with E-state index in [0.29, 0.717) is 11.5 Å². The summed E-state index contributed by atoms with van der Waals surface area (Å²) in [5.74, 6) is 2.82. The van der Waals surface area contributed by atoms with E-state index in [1.54, 1.807) is 62.8 Å². The summed E-state index contributed by atoms with van der Waals surface area (Å²) in [6, 6.07) is 14.1. The van der Waals surface area contributed by atoms with Crippen molar-refractivity contribution in [3.63, 3.8) is 0 Å². The molecule has 0 fully saturated rings. The minimum atomic E-state index is 0. The maximum absolute atomic E-state index is 5.00. The molecule has 4 nitrogen and oxygen atoms in total. The van der Waals surface area contributed by atoms with E-state index >= 15 is 0 Å². The first-order valence-corrected chi connectivity index (χ1v) is 8.13. The van der Waals surface area contributed by atoms with Gasteiger partial charge in [-0.1, -0.05) is 0 Å². The van der Waals surface area contributed by atoms with Gasteiger partial charge in [-0.2, -0.15) is 0 Å². The predicted molar refractivity (Wildman–Crippen MR) is 113 cm³/mol. The van der Waals surface area contributed by atoms with Gasteiger partial charge in [0.2, 0.25) is 0 Å². The van der Waals surface area contributed by atoms with E-state index in [2.05, 4.69) is 49.7 Å². The molecule has 0 spiro atoms. The number of hydrogen-bond donors (Lipinski definition) is 0. The summed E-state index contributed by atoms with van der Waals surface area (Å²) >= 11 is 18.4. The van der Waals surface area contributed by atoms with Crippen LogP contribution < -0.4 is 18.9 Å². The van der Waals surface area contributed by atoms with E-state index in [-0.39, 0.29) is 57.6 Å². The SMILES string of the molecule is COc1ccc(OC(=S)[S-])cc1.COc1ccc(OC(=S)[S-])cc1.[Ba+2]. The molecule has 0 aromatic heterocycles. The molecule has 0 heterocycles. The molecular formula is C16H14BaO4S4. The number of methoxy groups -OCH3 is 2. The van der Waals surface area contributed by atoms with Crippen molar-refractivity contribution >= 4 is 107 Å². The van der Waals surface area contributed by atoms with Crippen molar-refractivity contribution in [2.24, 2.45) is 0 Å². The molecule has 9 heteroatoms. The van der Waals surface area contributed by atoms with Crippen LogP contribution in [-0.4, -0.2) is 71.9 Å². The van der Waals surface area contributed by atoms with Crippen LogP contribution in [0, 0.1) is 0 Å². The van der Waals surface area contributed by atoms with Gasteiger partial charge in [0.1, 0.15) is 23.0 Å². The van der Waals surface area contributed by atoms with Crippen molar-refractivity contribution < 1.29 is 18.9 Å². The molecule has 2 aromatic rings. The largest absolute Gasteiger partial charge is 2.00 e. The van der Waals surface area contributed by atoms with Crippen molar-refractivity contribution in [1.82, 2.24) is 0 Å². The van der Waals surface area contributed by atoms with E-state index in [4.69, 9.17) is 18.9 Å². The summed E-state index contributed by atoms with van der Waals surface area (Å²) < 4.78 is 20.1. The molecule has 0 unspecified atom stereocenters. The van der Waals surface area contributed by atoms with Crippen molar-refractivity contribution in [2.45, 2.75) is 0 Å². The Morgan fingerprint density at radius 3 is 1.08 bits per heavy atom. The van der Waals surface area contributed by atoms with Crippen molar-refractivity contribution in [3.05, 3.63) is 48.5 Å². The van der Waals surface area contributed by atoms with Gasteiger partial charge >= 0.3 is 48.9 Å². The van der Waals surface area contributed by atoms with Crippen molar-refractivity contribution in [1.29, 1.82) is 0 Å². The van der Waals surface area contributed by atoms with Crippen LogP contribution in [0.5, 0.6) is 23.0 Å². The first-order valence-electron chi connectivity index (χ1n) is 6.50. The van der Waals surface area contributed by atoms with Gasteiger partial charge in [0.15, 0.2) is 0 Å². The molecular weight excluding hydrogens is 522 g/mol. The van der Waals surface area contributed by atoms with Gasteiger partial charge < -0.3 is 68.6 Å². The fourth-order valence-electron chi connectivity index (χ4n) is 1.48. The molecule has 2 rings (SSSR count). The Kier molecular flexibility index (Phi) is 13.9. The van der Waals surface area contributed by atoms with Gasteiger partial charge in [-0.05, 0) is 48.5 Å². The first-order chi connectivity index (χ1) is 11.4. The van der Waals surface area contributed by atoms with Crippen LogP contribution >= 0.6 is 24.4 Å². The topological polar surface area (TPSA) is 36.9 Å². The number of thiocarbonyl (C=S) groups is 2. The zero-order valence-electron chi connectivity index (χ0n) is 13.6. The predicted octanol–water partition coefficient (Wildman–Crippen LogP) is 3.43. The fourth-order valence-corrected chi connectivity index (χ4v) is 1.86. The Hall–Kier alpha value is -0.169. The number of hydrogen-bond acceptors (Lipinski definition) is 8. The molecule has 0 amide bonds. The molecule has 0 aliphatic rings. The minimum absolute atomic E-state index is 0. The molecule has 0 atom stereocenters. The second kappa shape index (κ2) is 14.0. The van der Waals surface area contributed by atoms with Gasteiger partial charge in [-0.3, -0.25) is 0 Å². The van der Waals surface area contributed by atoms with Crippen LogP contribution in [0.25, 0.3) is 0 Å². The van der Waals surface area contributed by atoms with E-state index < -0.39 is 0 Å². The zero-order valence-corrected chi connectivity index (χ0v) is 21.3. The summed E-state index contributed by atoms with van der Waals surface area (Å²) in [5.41, 5.74) is 0. The smallest absolute Gasteiger partial charge is 0.497 e. The van der Waals surface area contributed by atoms with E-state index in [1.807, 2.05) is 0 Å². The molecule has 25 heavy (non-hydrogen) atoms. The molecule has 0 aliphatic carbocycles. The summed E-state index contributed by atoms with van der Waals surface area (Å²) in [4.78, 5) is 0. The number of benzene rings is 2. The third-order valence-electron chi connectivity index (χ3n) is 2.52. The average molecular weight is 536 g/mol. The third kappa shape index (κ3) is 11.2. The summed E-state index contributed by atoms with van der Waals surface area (Å²) in [6.07, 6.45) is 0. The monoisotopic (exact) mass is 536 g/mol. The molecule has 2 aromatic carbocycles. The molecule has 0 N–H and O–H groups in total. The van der Waals surface area contributed by atoms with Crippen LogP contribution in [-0.2, 0) is 25.3 Å². The maximum atomic E-state index is 5.00. The van der Waals surface area contributed by atoms with Crippen LogP contribution in [0.15, 0.2) is 48.5 Å². The maximum Gasteiger partial charge on any atom is 2.00 e. The van der Waals surface area contributed by atoms with Gasteiger partial charge in [-0.15, -0.1) is 0 Å². The zero-order chi connectivity index (χ0) is 17.9. The Labute approximate surface area is 209 Å². The van der Waals surface area contributed by atoms with Crippen molar-refractivity contribution in [3.8, 4) is 23.0 Å². The number of rotatable bonds is 4. The second-order valence-corrected chi connectivity index (χ2v) is 6.06. The average Bonchev–Trinajstić information content (AvgIpc) is 2.56. The van der Waals surface area contributed by atoms with Crippen LogP contribution in [0.3, 0.4) is 0 Å². The Morgan fingerprint density at radius 1 is 0.640 bits per heavy atom. The molecule has 0 bridgehead atoms. The Bertz CT molecular complexity index is 603. The summed E-state index contributed by atoms with van der Waals surface area (Å²) in [5, 5.41) is 0.